The molecule has 0 unspecified atom stereocenters. The molecule has 0 heterocycles. The molecule has 0 spiro atoms. The molecular weight excluding hydrogens is 156 g/mol. The number of hydrogen-bond donors (Lipinski definition) is 3. The summed E-state index contributed by atoms with van der Waals surface area (Å²) in [5, 5.41) is 14.1. The maximum absolute atomic E-state index is 11.1. The van der Waals surface area contributed by atoms with Gasteiger partial charge < -0.3 is 15.7 Å². The van der Waals surface area contributed by atoms with Crippen molar-refractivity contribution in [3.05, 3.63) is 0 Å². The summed E-state index contributed by atoms with van der Waals surface area (Å²) in [6.07, 6.45) is 0.420. The van der Waals surface area contributed by atoms with Crippen molar-refractivity contribution in [2.75, 3.05) is 20.2 Å². The highest BCUT2D eigenvalue weighted by molar-refractivity contribution is 5.77. The van der Waals surface area contributed by atoms with Gasteiger partial charge in [-0.2, -0.15) is 0 Å². The smallest absolute Gasteiger partial charge is 0.221 e. The largest absolute Gasteiger partial charge is 0.395 e. The number of aliphatic hydroxyl groups is 1. The summed E-state index contributed by atoms with van der Waals surface area (Å²) >= 11 is 0. The fourth-order valence-electron chi connectivity index (χ4n) is 0.748. The minimum atomic E-state index is -0.181. The summed E-state index contributed by atoms with van der Waals surface area (Å²) in [7, 11) is 1.82. The van der Waals surface area contributed by atoms with Gasteiger partial charge in [0.25, 0.3) is 0 Å². The number of rotatable bonds is 5. The van der Waals surface area contributed by atoms with E-state index in [1.165, 1.54) is 0 Å². The zero-order chi connectivity index (χ0) is 9.61. The van der Waals surface area contributed by atoms with E-state index in [1.807, 2.05) is 20.9 Å². The van der Waals surface area contributed by atoms with E-state index in [4.69, 9.17) is 5.11 Å². The van der Waals surface area contributed by atoms with E-state index >= 15 is 0 Å². The molecular formula is C8H18N2O2. The fourth-order valence-corrected chi connectivity index (χ4v) is 0.748. The molecule has 72 valence electrons. The molecule has 4 nitrogen and oxygen atoms in total. The minimum absolute atomic E-state index is 0.00821. The Hall–Kier alpha value is -0.610. The van der Waals surface area contributed by atoms with Crippen LogP contribution in [0.1, 0.15) is 20.3 Å². The van der Waals surface area contributed by atoms with E-state index in [0.717, 1.165) is 0 Å². The van der Waals surface area contributed by atoms with Crippen LogP contribution in [0, 0.1) is 0 Å². The Bertz CT molecular complexity index is 146. The molecule has 0 aliphatic heterocycles. The van der Waals surface area contributed by atoms with E-state index in [2.05, 4.69) is 10.6 Å². The van der Waals surface area contributed by atoms with Gasteiger partial charge in [-0.25, -0.2) is 0 Å². The van der Waals surface area contributed by atoms with Gasteiger partial charge in [0.1, 0.15) is 0 Å². The Morgan fingerprint density at radius 1 is 1.50 bits per heavy atom. The van der Waals surface area contributed by atoms with Crippen LogP contribution in [0.25, 0.3) is 0 Å². The lowest BCUT2D eigenvalue weighted by Gasteiger charge is -2.22. The zero-order valence-corrected chi connectivity index (χ0v) is 7.98. The van der Waals surface area contributed by atoms with Crippen LogP contribution in [0.5, 0.6) is 0 Å². The molecule has 0 bridgehead atoms. The van der Waals surface area contributed by atoms with Crippen molar-refractivity contribution in [1.82, 2.24) is 10.6 Å². The molecule has 4 heteroatoms. The second-order valence-electron chi connectivity index (χ2n) is 3.38. The summed E-state index contributed by atoms with van der Waals surface area (Å²) in [5.41, 5.74) is -0.181. The van der Waals surface area contributed by atoms with Crippen LogP contribution >= 0.6 is 0 Å². The lowest BCUT2D eigenvalue weighted by Crippen LogP contribution is -2.42. The third kappa shape index (κ3) is 5.09. The predicted molar refractivity (Wildman–Crippen MR) is 47.9 cm³/mol. The van der Waals surface area contributed by atoms with Crippen LogP contribution < -0.4 is 10.6 Å². The fraction of sp³-hybridized carbons (Fsp3) is 0.875. The van der Waals surface area contributed by atoms with E-state index in [9.17, 15) is 4.79 Å². The van der Waals surface area contributed by atoms with Gasteiger partial charge in [-0.1, -0.05) is 0 Å². The lowest BCUT2D eigenvalue weighted by atomic mass is 10.0. The Kier molecular flexibility index (Phi) is 4.85. The van der Waals surface area contributed by atoms with Crippen molar-refractivity contribution >= 4 is 5.91 Å². The number of carbonyl (C=O) groups excluding carboxylic acids is 1. The predicted octanol–water partition coefficient (Wildman–Crippen LogP) is -0.517. The third-order valence-corrected chi connectivity index (χ3v) is 1.71. The lowest BCUT2D eigenvalue weighted by molar-refractivity contribution is -0.122. The van der Waals surface area contributed by atoms with Gasteiger partial charge in [0.05, 0.1) is 6.61 Å². The highest BCUT2D eigenvalue weighted by atomic mass is 16.3. The van der Waals surface area contributed by atoms with E-state index in [-0.39, 0.29) is 18.1 Å². The summed E-state index contributed by atoms with van der Waals surface area (Å²) in [6.45, 7) is 4.22. The van der Waals surface area contributed by atoms with Crippen molar-refractivity contribution in [1.29, 1.82) is 0 Å². The number of aliphatic hydroxyl groups excluding tert-OH is 1. The molecule has 0 radical (unpaired) electrons. The Labute approximate surface area is 73.3 Å². The monoisotopic (exact) mass is 174 g/mol. The van der Waals surface area contributed by atoms with E-state index in [0.29, 0.717) is 13.0 Å². The van der Waals surface area contributed by atoms with Gasteiger partial charge in [-0.05, 0) is 20.9 Å². The molecule has 0 aromatic rings. The second kappa shape index (κ2) is 5.11. The van der Waals surface area contributed by atoms with E-state index in [1.54, 1.807) is 0 Å². The number of carbonyl (C=O) groups is 1. The van der Waals surface area contributed by atoms with Crippen LogP contribution in [-0.2, 0) is 4.79 Å². The molecule has 3 N–H and O–H groups in total. The molecule has 12 heavy (non-hydrogen) atoms. The topological polar surface area (TPSA) is 61.4 Å². The van der Waals surface area contributed by atoms with Gasteiger partial charge in [0, 0.05) is 18.5 Å². The first-order valence-electron chi connectivity index (χ1n) is 4.08. The SMILES string of the molecule is CNC(C)(C)CC(=O)NCCO. The molecule has 0 rings (SSSR count). The highest BCUT2D eigenvalue weighted by Gasteiger charge is 2.18. The molecule has 0 atom stereocenters. The molecule has 0 aromatic carbocycles. The molecule has 0 aliphatic rings. The highest BCUT2D eigenvalue weighted by Crippen LogP contribution is 2.05. The van der Waals surface area contributed by atoms with Crippen molar-refractivity contribution < 1.29 is 9.90 Å². The number of hydrogen-bond acceptors (Lipinski definition) is 3. The van der Waals surface area contributed by atoms with Gasteiger partial charge in [-0.3, -0.25) is 4.79 Å². The molecule has 0 saturated carbocycles. The van der Waals surface area contributed by atoms with Gasteiger partial charge in [0.2, 0.25) is 5.91 Å². The maximum Gasteiger partial charge on any atom is 0.221 e. The molecule has 0 saturated heterocycles. The van der Waals surface area contributed by atoms with Crippen LogP contribution in [0.3, 0.4) is 0 Å². The summed E-state index contributed by atoms with van der Waals surface area (Å²) in [5.74, 6) is -0.0385. The third-order valence-electron chi connectivity index (χ3n) is 1.71. The zero-order valence-electron chi connectivity index (χ0n) is 7.98. The number of nitrogens with one attached hydrogen (secondary N) is 2. The minimum Gasteiger partial charge on any atom is -0.395 e. The summed E-state index contributed by atoms with van der Waals surface area (Å²) < 4.78 is 0. The van der Waals surface area contributed by atoms with Gasteiger partial charge in [-0.15, -0.1) is 0 Å². The quantitative estimate of drug-likeness (QED) is 0.526. The number of amides is 1. The van der Waals surface area contributed by atoms with Crippen LogP contribution in [-0.4, -0.2) is 36.8 Å². The summed E-state index contributed by atoms with van der Waals surface area (Å²) in [6, 6.07) is 0. The first kappa shape index (κ1) is 11.4. The normalized spacial score (nSPS) is 11.3. The van der Waals surface area contributed by atoms with E-state index < -0.39 is 0 Å². The molecule has 0 aliphatic carbocycles. The standard InChI is InChI=1S/C8H18N2O2/c1-8(2,9-3)6-7(12)10-4-5-11/h9,11H,4-6H2,1-3H3,(H,10,12). The Morgan fingerprint density at radius 2 is 2.08 bits per heavy atom. The Morgan fingerprint density at radius 3 is 2.50 bits per heavy atom. The maximum atomic E-state index is 11.1. The first-order chi connectivity index (χ1) is 5.52. The molecule has 1 amide bonds. The molecule has 0 fully saturated rings. The molecule has 0 aromatic heterocycles. The first-order valence-corrected chi connectivity index (χ1v) is 4.08. The van der Waals surface area contributed by atoms with Crippen molar-refractivity contribution in [2.45, 2.75) is 25.8 Å². The average molecular weight is 174 g/mol. The van der Waals surface area contributed by atoms with Gasteiger partial charge in [0.15, 0.2) is 0 Å². The second-order valence-corrected chi connectivity index (χ2v) is 3.38. The Balaban J connectivity index is 3.68. The average Bonchev–Trinajstić information content (AvgIpc) is 2.00. The summed E-state index contributed by atoms with van der Waals surface area (Å²) in [4.78, 5) is 11.1. The van der Waals surface area contributed by atoms with Crippen LogP contribution in [0.2, 0.25) is 0 Å². The van der Waals surface area contributed by atoms with Gasteiger partial charge >= 0.3 is 0 Å². The van der Waals surface area contributed by atoms with Crippen molar-refractivity contribution in [3.63, 3.8) is 0 Å². The van der Waals surface area contributed by atoms with Crippen LogP contribution in [0.15, 0.2) is 0 Å². The van der Waals surface area contributed by atoms with Crippen molar-refractivity contribution in [3.8, 4) is 0 Å². The van der Waals surface area contributed by atoms with Crippen LogP contribution in [0.4, 0.5) is 0 Å². The van der Waals surface area contributed by atoms with Crippen molar-refractivity contribution in [2.24, 2.45) is 0 Å².